The van der Waals surface area contributed by atoms with Gasteiger partial charge in [0.25, 0.3) is 0 Å². The number of thiazole rings is 1. The zero-order chi connectivity index (χ0) is 15.4. The minimum absolute atomic E-state index is 0. The van der Waals surface area contributed by atoms with Crippen molar-refractivity contribution < 1.29 is 0 Å². The molecule has 0 saturated carbocycles. The number of guanidine groups is 1. The van der Waals surface area contributed by atoms with Gasteiger partial charge in [-0.3, -0.25) is 4.99 Å². The van der Waals surface area contributed by atoms with Gasteiger partial charge in [0, 0.05) is 48.6 Å². The molecule has 0 unspecified atom stereocenters. The van der Waals surface area contributed by atoms with Crippen LogP contribution in [-0.2, 0) is 20.1 Å². The smallest absolute Gasteiger partial charge is 0.194 e. The molecule has 0 aromatic carbocycles. The zero-order valence-electron chi connectivity index (χ0n) is 13.1. The van der Waals surface area contributed by atoms with E-state index in [9.17, 15) is 0 Å². The molecule has 0 radical (unpaired) electrons. The Kier molecular flexibility index (Phi) is 7.84. The predicted octanol–water partition coefficient (Wildman–Crippen LogP) is 3.38. The van der Waals surface area contributed by atoms with Crippen molar-refractivity contribution in [2.24, 2.45) is 12.0 Å². The van der Waals surface area contributed by atoms with Gasteiger partial charge in [-0.2, -0.15) is 0 Å². The maximum atomic E-state index is 4.34. The summed E-state index contributed by atoms with van der Waals surface area (Å²) in [5, 5.41) is 4.46. The molecule has 0 spiro atoms. The zero-order valence-corrected chi connectivity index (χ0v) is 17.9. The molecule has 0 aliphatic carbocycles. The number of nitrogens with zero attached hydrogens (tertiary/aromatic N) is 4. The highest BCUT2D eigenvalue weighted by atomic mass is 127. The molecule has 2 aromatic rings. The van der Waals surface area contributed by atoms with Crippen LogP contribution in [-0.4, -0.2) is 34.5 Å². The van der Waals surface area contributed by atoms with Gasteiger partial charge in [0.1, 0.15) is 0 Å². The number of hydrogen-bond acceptors (Lipinski definition) is 3. The van der Waals surface area contributed by atoms with Gasteiger partial charge in [-0.25, -0.2) is 4.98 Å². The molecule has 0 bridgehead atoms. The molecule has 0 atom stereocenters. The maximum absolute atomic E-state index is 4.34. The van der Waals surface area contributed by atoms with Gasteiger partial charge < -0.3 is 14.8 Å². The second-order valence-corrected chi connectivity index (χ2v) is 7.10. The molecule has 2 heterocycles. The van der Waals surface area contributed by atoms with Crippen LogP contribution in [0.5, 0.6) is 0 Å². The van der Waals surface area contributed by atoms with Gasteiger partial charge in [0.2, 0.25) is 0 Å². The lowest BCUT2D eigenvalue weighted by molar-refractivity contribution is 0.462. The average Bonchev–Trinajstić information content (AvgIpc) is 2.96. The van der Waals surface area contributed by atoms with Crippen molar-refractivity contribution in [3.63, 3.8) is 0 Å². The fourth-order valence-electron chi connectivity index (χ4n) is 2.08. The predicted molar refractivity (Wildman–Crippen MR) is 107 cm³/mol. The van der Waals surface area contributed by atoms with Crippen molar-refractivity contribution in [1.29, 1.82) is 0 Å². The van der Waals surface area contributed by atoms with E-state index in [1.165, 1.54) is 10.6 Å². The molecule has 0 aliphatic rings. The normalized spacial score (nSPS) is 11.2. The molecule has 0 amide bonds. The van der Waals surface area contributed by atoms with Crippen LogP contribution in [0.25, 0.3) is 0 Å². The molecule has 122 valence electrons. The standard InChI is InChI=1S/C14H20BrN5S.HI/c1-10-17-6-13(21-10)7-18-14(16-2)20(4)9-12-5-11(15)8-19(12)3;/h5-6,8H,7,9H2,1-4H3,(H,16,18);1H. The lowest BCUT2D eigenvalue weighted by Crippen LogP contribution is -2.38. The second-order valence-electron chi connectivity index (χ2n) is 4.86. The molecule has 1 N–H and O–H groups in total. The number of aryl methyl sites for hydroxylation is 2. The third kappa shape index (κ3) is 5.24. The molecule has 2 aromatic heterocycles. The Labute approximate surface area is 161 Å². The van der Waals surface area contributed by atoms with E-state index < -0.39 is 0 Å². The van der Waals surface area contributed by atoms with Gasteiger partial charge >= 0.3 is 0 Å². The minimum Gasteiger partial charge on any atom is -0.352 e. The highest BCUT2D eigenvalue weighted by Crippen LogP contribution is 2.15. The van der Waals surface area contributed by atoms with E-state index in [1.807, 2.05) is 27.2 Å². The largest absolute Gasteiger partial charge is 0.352 e. The SMILES string of the molecule is CN=C(NCc1cnc(C)s1)N(C)Cc1cc(Br)cn1C.I. The first-order valence-electron chi connectivity index (χ1n) is 6.63. The maximum Gasteiger partial charge on any atom is 0.194 e. The molecule has 22 heavy (non-hydrogen) atoms. The van der Waals surface area contributed by atoms with Gasteiger partial charge in [-0.1, -0.05) is 0 Å². The Balaban J connectivity index is 0.00000242. The summed E-state index contributed by atoms with van der Waals surface area (Å²) < 4.78 is 3.21. The van der Waals surface area contributed by atoms with Crippen molar-refractivity contribution in [2.45, 2.75) is 20.0 Å². The third-order valence-corrected chi connectivity index (χ3v) is 4.48. The topological polar surface area (TPSA) is 45.5 Å². The molecular formula is C14H21BrIN5S. The number of aromatic nitrogens is 2. The van der Waals surface area contributed by atoms with Crippen LogP contribution in [0.3, 0.4) is 0 Å². The molecule has 5 nitrogen and oxygen atoms in total. The molecule has 0 aliphatic heterocycles. The van der Waals surface area contributed by atoms with Gasteiger partial charge in [0.05, 0.1) is 18.1 Å². The summed E-state index contributed by atoms with van der Waals surface area (Å²) in [7, 11) is 5.88. The van der Waals surface area contributed by atoms with E-state index in [-0.39, 0.29) is 24.0 Å². The van der Waals surface area contributed by atoms with E-state index >= 15 is 0 Å². The minimum atomic E-state index is 0. The summed E-state index contributed by atoms with van der Waals surface area (Å²) in [6.07, 6.45) is 3.97. The number of aliphatic imine (C=N–C) groups is 1. The fraction of sp³-hybridized carbons (Fsp3) is 0.429. The number of halogens is 2. The second kappa shape index (κ2) is 8.88. The van der Waals surface area contributed by atoms with E-state index in [0.29, 0.717) is 0 Å². The molecule has 0 saturated heterocycles. The summed E-state index contributed by atoms with van der Waals surface area (Å²) in [5.74, 6) is 0.873. The first-order chi connectivity index (χ1) is 9.99. The van der Waals surface area contributed by atoms with Crippen LogP contribution < -0.4 is 5.32 Å². The van der Waals surface area contributed by atoms with E-state index in [4.69, 9.17) is 0 Å². The summed E-state index contributed by atoms with van der Waals surface area (Å²) in [5.41, 5.74) is 1.22. The van der Waals surface area contributed by atoms with E-state index in [0.717, 1.165) is 28.5 Å². The molecule has 8 heteroatoms. The fourth-order valence-corrected chi connectivity index (χ4v) is 3.39. The van der Waals surface area contributed by atoms with E-state index in [2.05, 4.69) is 53.0 Å². The summed E-state index contributed by atoms with van der Waals surface area (Å²) in [4.78, 5) is 11.9. The van der Waals surface area contributed by atoms with Crippen LogP contribution >= 0.6 is 51.2 Å². The van der Waals surface area contributed by atoms with Gasteiger partial charge in [-0.15, -0.1) is 35.3 Å². The Morgan fingerprint density at radius 2 is 2.27 bits per heavy atom. The first kappa shape index (κ1) is 19.4. The molecular weight excluding hydrogens is 477 g/mol. The van der Waals surface area contributed by atoms with Crippen molar-refractivity contribution in [3.8, 4) is 0 Å². The summed E-state index contributed by atoms with van der Waals surface area (Å²) in [6.45, 7) is 3.56. The summed E-state index contributed by atoms with van der Waals surface area (Å²) >= 11 is 5.20. The van der Waals surface area contributed by atoms with Crippen molar-refractivity contribution >= 4 is 57.2 Å². The number of hydrogen-bond donors (Lipinski definition) is 1. The van der Waals surface area contributed by atoms with Crippen LogP contribution in [0.4, 0.5) is 0 Å². The monoisotopic (exact) mass is 497 g/mol. The Morgan fingerprint density at radius 3 is 2.77 bits per heavy atom. The quantitative estimate of drug-likeness (QED) is 0.400. The Bertz CT molecular complexity index is 637. The lowest BCUT2D eigenvalue weighted by atomic mass is 10.4. The highest BCUT2D eigenvalue weighted by Gasteiger charge is 2.10. The first-order valence-corrected chi connectivity index (χ1v) is 8.24. The van der Waals surface area contributed by atoms with E-state index in [1.54, 1.807) is 18.4 Å². The van der Waals surface area contributed by atoms with Crippen molar-refractivity contribution in [3.05, 3.63) is 38.5 Å². The van der Waals surface area contributed by atoms with Crippen LogP contribution in [0, 0.1) is 6.92 Å². The van der Waals surface area contributed by atoms with Crippen molar-refractivity contribution in [2.75, 3.05) is 14.1 Å². The third-order valence-electron chi connectivity index (χ3n) is 3.14. The average molecular weight is 498 g/mol. The lowest BCUT2D eigenvalue weighted by Gasteiger charge is -2.22. The summed E-state index contributed by atoms with van der Waals surface area (Å²) in [6, 6.07) is 2.12. The number of rotatable bonds is 4. The van der Waals surface area contributed by atoms with Gasteiger partial charge in [-0.05, 0) is 28.9 Å². The van der Waals surface area contributed by atoms with Crippen LogP contribution in [0.2, 0.25) is 0 Å². The Hall–Kier alpha value is -0.610. The molecule has 2 rings (SSSR count). The van der Waals surface area contributed by atoms with Crippen LogP contribution in [0.15, 0.2) is 27.9 Å². The van der Waals surface area contributed by atoms with Crippen molar-refractivity contribution in [1.82, 2.24) is 19.8 Å². The van der Waals surface area contributed by atoms with Crippen LogP contribution in [0.1, 0.15) is 15.6 Å². The number of nitrogens with one attached hydrogen (secondary N) is 1. The Morgan fingerprint density at radius 1 is 1.55 bits per heavy atom. The van der Waals surface area contributed by atoms with Gasteiger partial charge in [0.15, 0.2) is 5.96 Å². The highest BCUT2D eigenvalue weighted by molar-refractivity contribution is 14.0. The molecule has 0 fully saturated rings.